The van der Waals surface area contributed by atoms with Crippen molar-refractivity contribution in [3.63, 3.8) is 0 Å². The first-order chi connectivity index (χ1) is 14.6. The minimum absolute atomic E-state index is 0.0345. The van der Waals surface area contributed by atoms with Crippen LogP contribution in [-0.2, 0) is 11.3 Å². The monoisotopic (exact) mass is 464 g/mol. The molecule has 1 aliphatic rings. The molecule has 1 aromatic heterocycles. The van der Waals surface area contributed by atoms with Gasteiger partial charge in [-0.2, -0.15) is 0 Å². The summed E-state index contributed by atoms with van der Waals surface area (Å²) in [6.07, 6.45) is 1.87. The predicted octanol–water partition coefficient (Wildman–Crippen LogP) is 4.75. The zero-order chi connectivity index (χ0) is 20.9. The van der Waals surface area contributed by atoms with Crippen molar-refractivity contribution in [3.8, 4) is 11.3 Å². The van der Waals surface area contributed by atoms with Gasteiger partial charge in [0.15, 0.2) is 5.82 Å². The lowest BCUT2D eigenvalue weighted by atomic mass is 9.97. The summed E-state index contributed by atoms with van der Waals surface area (Å²) < 4.78 is 1.04. The summed E-state index contributed by atoms with van der Waals surface area (Å²) in [5.41, 5.74) is 4.24. The third-order valence-corrected chi connectivity index (χ3v) is 6.02. The summed E-state index contributed by atoms with van der Waals surface area (Å²) >= 11 is 3.43. The number of nitrogens with one attached hydrogen (secondary N) is 1. The number of anilines is 1. The molecule has 1 aliphatic heterocycles. The predicted molar refractivity (Wildman–Crippen MR) is 123 cm³/mol. The Hall–Kier alpha value is -2.73. The van der Waals surface area contributed by atoms with Crippen molar-refractivity contribution in [2.75, 3.05) is 18.0 Å². The van der Waals surface area contributed by atoms with E-state index in [1.54, 1.807) is 0 Å². The second kappa shape index (κ2) is 9.39. The fraction of sp³-hybridized carbons (Fsp3) is 0.292. The fourth-order valence-electron chi connectivity index (χ4n) is 3.71. The number of hydrogen-bond acceptors (Lipinski definition) is 4. The van der Waals surface area contributed by atoms with Crippen molar-refractivity contribution in [2.24, 2.45) is 5.92 Å². The van der Waals surface area contributed by atoms with E-state index in [4.69, 9.17) is 0 Å². The minimum Gasteiger partial charge on any atom is -0.354 e. The van der Waals surface area contributed by atoms with Gasteiger partial charge < -0.3 is 10.2 Å². The van der Waals surface area contributed by atoms with Gasteiger partial charge in [-0.25, -0.2) is 0 Å². The van der Waals surface area contributed by atoms with Crippen LogP contribution in [0, 0.1) is 12.8 Å². The molecule has 3 aromatic rings. The molecule has 0 bridgehead atoms. The number of rotatable bonds is 5. The third-order valence-electron chi connectivity index (χ3n) is 5.49. The molecular formula is C24H25BrN4O. The van der Waals surface area contributed by atoms with E-state index in [9.17, 15) is 4.79 Å². The van der Waals surface area contributed by atoms with Gasteiger partial charge in [0.25, 0.3) is 0 Å². The van der Waals surface area contributed by atoms with E-state index < -0.39 is 0 Å². The second-order valence-corrected chi connectivity index (χ2v) is 8.69. The minimum atomic E-state index is -0.0345. The van der Waals surface area contributed by atoms with Crippen molar-refractivity contribution in [3.05, 3.63) is 76.3 Å². The maximum Gasteiger partial charge on any atom is 0.225 e. The number of hydrogen-bond donors (Lipinski definition) is 1. The number of benzene rings is 2. The topological polar surface area (TPSA) is 58.1 Å². The van der Waals surface area contributed by atoms with Crippen molar-refractivity contribution >= 4 is 27.7 Å². The second-order valence-electron chi connectivity index (χ2n) is 7.77. The Kier molecular flexibility index (Phi) is 6.43. The summed E-state index contributed by atoms with van der Waals surface area (Å²) in [5, 5.41) is 11.9. The van der Waals surface area contributed by atoms with Gasteiger partial charge in [0.2, 0.25) is 5.91 Å². The van der Waals surface area contributed by atoms with Crippen LogP contribution in [-0.4, -0.2) is 29.2 Å². The molecule has 1 saturated heterocycles. The standard InChI is InChI=1S/C24H25BrN4O/c1-17-4-8-19(9-5-17)22-12-13-23(28-27-22)29-14-2-3-20(16-29)24(30)26-15-18-6-10-21(25)11-7-18/h4-13,20H,2-3,14-16H2,1H3,(H,26,30)/t20-/m1/s1. The number of nitrogens with zero attached hydrogens (tertiary/aromatic N) is 3. The summed E-state index contributed by atoms with van der Waals surface area (Å²) in [6, 6.07) is 20.3. The smallest absolute Gasteiger partial charge is 0.225 e. The molecule has 6 heteroatoms. The number of carbonyl (C=O) groups is 1. The van der Waals surface area contributed by atoms with Crippen molar-refractivity contribution < 1.29 is 4.79 Å². The summed E-state index contributed by atoms with van der Waals surface area (Å²) in [6.45, 7) is 4.19. The Balaban J connectivity index is 1.36. The SMILES string of the molecule is Cc1ccc(-c2ccc(N3CCC[C@@H](C(=O)NCc4ccc(Br)cc4)C3)nn2)cc1. The fourth-order valence-corrected chi connectivity index (χ4v) is 3.97. The van der Waals surface area contributed by atoms with Crippen LogP contribution in [0.15, 0.2) is 65.1 Å². The van der Waals surface area contributed by atoms with E-state index in [-0.39, 0.29) is 11.8 Å². The van der Waals surface area contributed by atoms with Gasteiger partial charge in [-0.15, -0.1) is 10.2 Å². The lowest BCUT2D eigenvalue weighted by Crippen LogP contribution is -2.43. The third kappa shape index (κ3) is 5.05. The molecule has 0 saturated carbocycles. The highest BCUT2D eigenvalue weighted by molar-refractivity contribution is 9.10. The molecule has 0 spiro atoms. The largest absolute Gasteiger partial charge is 0.354 e. The molecule has 154 valence electrons. The average molecular weight is 465 g/mol. The van der Waals surface area contributed by atoms with Crippen LogP contribution < -0.4 is 10.2 Å². The number of carbonyl (C=O) groups excluding carboxylic acids is 1. The molecule has 30 heavy (non-hydrogen) atoms. The molecule has 0 radical (unpaired) electrons. The Bertz CT molecular complexity index is 987. The van der Waals surface area contributed by atoms with Crippen LogP contribution in [0.3, 0.4) is 0 Å². The van der Waals surface area contributed by atoms with Gasteiger partial charge in [0, 0.05) is 29.7 Å². The van der Waals surface area contributed by atoms with E-state index in [1.165, 1.54) is 5.56 Å². The van der Waals surface area contributed by atoms with E-state index in [0.29, 0.717) is 13.1 Å². The Morgan fingerprint density at radius 1 is 1.07 bits per heavy atom. The zero-order valence-corrected chi connectivity index (χ0v) is 18.6. The quantitative estimate of drug-likeness (QED) is 0.591. The molecule has 4 rings (SSSR count). The maximum atomic E-state index is 12.7. The number of halogens is 1. The van der Waals surface area contributed by atoms with E-state index >= 15 is 0 Å². The van der Waals surface area contributed by atoms with Crippen LogP contribution in [0.25, 0.3) is 11.3 Å². The lowest BCUT2D eigenvalue weighted by Gasteiger charge is -2.32. The summed E-state index contributed by atoms with van der Waals surface area (Å²) in [7, 11) is 0. The number of aryl methyl sites for hydroxylation is 1. The number of piperidine rings is 1. The summed E-state index contributed by atoms with van der Waals surface area (Å²) in [5.74, 6) is 0.899. The van der Waals surface area contributed by atoms with Gasteiger partial charge in [0.1, 0.15) is 0 Å². The maximum absolute atomic E-state index is 12.7. The van der Waals surface area contributed by atoms with Gasteiger partial charge in [-0.05, 0) is 49.6 Å². The number of amides is 1. The van der Waals surface area contributed by atoms with Crippen molar-refractivity contribution in [1.82, 2.24) is 15.5 Å². The van der Waals surface area contributed by atoms with E-state index in [2.05, 4.69) is 67.5 Å². The van der Waals surface area contributed by atoms with Crippen LogP contribution in [0.4, 0.5) is 5.82 Å². The Morgan fingerprint density at radius 2 is 1.83 bits per heavy atom. The van der Waals surface area contributed by atoms with Crippen molar-refractivity contribution in [1.29, 1.82) is 0 Å². The van der Waals surface area contributed by atoms with Crippen molar-refractivity contribution in [2.45, 2.75) is 26.3 Å². The van der Waals surface area contributed by atoms with Gasteiger partial charge in [-0.1, -0.05) is 57.9 Å². The first-order valence-electron chi connectivity index (χ1n) is 10.3. The first kappa shape index (κ1) is 20.5. The van der Waals surface area contributed by atoms with Crippen LogP contribution in [0.1, 0.15) is 24.0 Å². The van der Waals surface area contributed by atoms with Crippen LogP contribution >= 0.6 is 15.9 Å². The molecule has 5 nitrogen and oxygen atoms in total. The molecule has 0 aliphatic carbocycles. The van der Waals surface area contributed by atoms with E-state index in [1.807, 2.05) is 36.4 Å². The van der Waals surface area contributed by atoms with Gasteiger partial charge in [0.05, 0.1) is 11.6 Å². The molecular weight excluding hydrogens is 440 g/mol. The van der Waals surface area contributed by atoms with Gasteiger partial charge >= 0.3 is 0 Å². The number of aromatic nitrogens is 2. The first-order valence-corrected chi connectivity index (χ1v) is 11.1. The average Bonchev–Trinajstić information content (AvgIpc) is 2.79. The van der Waals surface area contributed by atoms with E-state index in [0.717, 1.165) is 46.5 Å². The molecule has 1 N–H and O–H groups in total. The highest BCUT2D eigenvalue weighted by Gasteiger charge is 2.26. The highest BCUT2D eigenvalue weighted by Crippen LogP contribution is 2.24. The molecule has 2 heterocycles. The summed E-state index contributed by atoms with van der Waals surface area (Å²) in [4.78, 5) is 14.9. The van der Waals surface area contributed by atoms with Crippen LogP contribution in [0.5, 0.6) is 0 Å². The normalized spacial score (nSPS) is 16.3. The zero-order valence-electron chi connectivity index (χ0n) is 17.0. The molecule has 1 amide bonds. The lowest BCUT2D eigenvalue weighted by molar-refractivity contribution is -0.125. The molecule has 1 fully saturated rings. The Morgan fingerprint density at radius 3 is 2.53 bits per heavy atom. The molecule has 0 unspecified atom stereocenters. The highest BCUT2D eigenvalue weighted by atomic mass is 79.9. The Labute approximate surface area is 185 Å². The van der Waals surface area contributed by atoms with Crippen LogP contribution in [0.2, 0.25) is 0 Å². The van der Waals surface area contributed by atoms with Gasteiger partial charge in [-0.3, -0.25) is 4.79 Å². The molecule has 2 aromatic carbocycles. The molecule has 1 atom stereocenters.